The number of benzene rings is 10. The van der Waals surface area contributed by atoms with Crippen molar-refractivity contribution in [2.24, 2.45) is 0 Å². The Kier molecular flexibility index (Phi) is 9.29. The predicted molar refractivity (Wildman–Crippen MR) is 274 cm³/mol. The molecule has 0 radical (unpaired) electrons. The van der Waals surface area contributed by atoms with E-state index in [4.69, 9.17) is 0 Å². The molecular formula is C60H39NS2. The van der Waals surface area contributed by atoms with E-state index in [9.17, 15) is 0 Å². The number of thiophene rings is 2. The number of hydrogen-bond donors (Lipinski definition) is 0. The standard InChI is InChI=1S/C60H39NS2/c1-3-12-40(13-4-1)42-22-29-49(30-23-42)61(51-33-26-44(27-34-51)52-18-11-19-55-53-16-7-10-21-58(53)63-60(52)55)50-31-24-43(25-32-50)47-36-46(41-14-5-2-6-15-41)37-48(38-47)45-28-35-59-56(39-45)54-17-8-9-20-57(54)62-59/h1-39H. The van der Waals surface area contributed by atoms with Gasteiger partial charge in [0.2, 0.25) is 0 Å². The van der Waals surface area contributed by atoms with Crippen LogP contribution in [0.3, 0.4) is 0 Å². The molecule has 0 saturated carbocycles. The molecule has 0 N–H and O–H groups in total. The van der Waals surface area contributed by atoms with Crippen LogP contribution in [-0.2, 0) is 0 Å². The van der Waals surface area contributed by atoms with Gasteiger partial charge in [-0.05, 0) is 134 Å². The van der Waals surface area contributed by atoms with E-state index < -0.39 is 0 Å². The van der Waals surface area contributed by atoms with Crippen LogP contribution in [0.5, 0.6) is 0 Å². The Morgan fingerprint density at radius 2 is 0.651 bits per heavy atom. The summed E-state index contributed by atoms with van der Waals surface area (Å²) in [6.07, 6.45) is 0. The lowest BCUT2D eigenvalue weighted by molar-refractivity contribution is 1.28. The van der Waals surface area contributed by atoms with E-state index >= 15 is 0 Å². The zero-order valence-corrected chi connectivity index (χ0v) is 35.9. The Morgan fingerprint density at radius 3 is 1.25 bits per heavy atom. The monoisotopic (exact) mass is 837 g/mol. The molecule has 1 nitrogen and oxygen atoms in total. The van der Waals surface area contributed by atoms with Crippen molar-refractivity contribution in [1.29, 1.82) is 0 Å². The number of rotatable bonds is 8. The van der Waals surface area contributed by atoms with Crippen molar-refractivity contribution in [2.75, 3.05) is 4.90 Å². The van der Waals surface area contributed by atoms with Gasteiger partial charge in [-0.2, -0.15) is 0 Å². The summed E-state index contributed by atoms with van der Waals surface area (Å²) in [5.41, 5.74) is 15.4. The normalized spacial score (nSPS) is 11.5. The van der Waals surface area contributed by atoms with Crippen LogP contribution >= 0.6 is 22.7 Å². The van der Waals surface area contributed by atoms with Crippen LogP contribution in [0.2, 0.25) is 0 Å². The van der Waals surface area contributed by atoms with Gasteiger partial charge >= 0.3 is 0 Å². The first-order chi connectivity index (χ1) is 31.2. The number of hydrogen-bond acceptors (Lipinski definition) is 3. The Balaban J connectivity index is 0.942. The van der Waals surface area contributed by atoms with Crippen molar-refractivity contribution in [2.45, 2.75) is 0 Å². The molecule has 12 aromatic rings. The van der Waals surface area contributed by atoms with Gasteiger partial charge in [0, 0.05) is 57.4 Å². The average molecular weight is 838 g/mol. The van der Waals surface area contributed by atoms with E-state index in [-0.39, 0.29) is 0 Å². The third kappa shape index (κ3) is 6.89. The Morgan fingerprint density at radius 1 is 0.238 bits per heavy atom. The van der Waals surface area contributed by atoms with E-state index in [2.05, 4.69) is 241 Å². The third-order valence-electron chi connectivity index (χ3n) is 12.3. The fraction of sp³-hybridized carbons (Fsp3) is 0. The first kappa shape index (κ1) is 37.2. The van der Waals surface area contributed by atoms with E-state index in [1.165, 1.54) is 96.0 Å². The maximum absolute atomic E-state index is 2.38. The minimum atomic E-state index is 1.10. The fourth-order valence-corrected chi connectivity index (χ4v) is 11.4. The van der Waals surface area contributed by atoms with Crippen LogP contribution in [0.25, 0.3) is 96.0 Å². The SMILES string of the molecule is c1ccc(-c2ccc(N(c3ccc(-c4cc(-c5ccccc5)cc(-c5ccc6sc7ccccc7c6c5)c4)cc3)c3ccc(-c4cccc5c4sc4ccccc45)cc3)cc2)cc1. The highest BCUT2D eigenvalue weighted by atomic mass is 32.1. The molecule has 2 aromatic heterocycles. The highest BCUT2D eigenvalue weighted by Crippen LogP contribution is 2.43. The molecule has 12 rings (SSSR count). The Bertz CT molecular complexity index is 3580. The molecule has 10 aromatic carbocycles. The second kappa shape index (κ2) is 15.7. The van der Waals surface area contributed by atoms with Gasteiger partial charge < -0.3 is 4.90 Å². The Hall–Kier alpha value is -7.56. The summed E-state index contributed by atoms with van der Waals surface area (Å²) in [6, 6.07) is 86.6. The van der Waals surface area contributed by atoms with Crippen LogP contribution in [0.1, 0.15) is 0 Å². The van der Waals surface area contributed by atoms with Crippen LogP contribution in [-0.4, -0.2) is 0 Å². The molecule has 0 saturated heterocycles. The molecule has 2 heterocycles. The van der Waals surface area contributed by atoms with E-state index in [1.54, 1.807) is 0 Å². The van der Waals surface area contributed by atoms with Crippen molar-refractivity contribution in [3.05, 3.63) is 237 Å². The molecule has 0 aliphatic carbocycles. The molecule has 0 aliphatic heterocycles. The summed E-state index contributed by atoms with van der Waals surface area (Å²) in [5, 5.41) is 5.26. The molecular weight excluding hydrogens is 799 g/mol. The zero-order chi connectivity index (χ0) is 41.7. The molecule has 0 fully saturated rings. The predicted octanol–water partition coefficient (Wildman–Crippen LogP) is 18.2. The van der Waals surface area contributed by atoms with Crippen molar-refractivity contribution in [1.82, 2.24) is 0 Å². The van der Waals surface area contributed by atoms with Gasteiger partial charge in [-0.3, -0.25) is 0 Å². The molecule has 63 heavy (non-hydrogen) atoms. The number of fused-ring (bicyclic) bond motifs is 6. The largest absolute Gasteiger partial charge is 0.311 e. The molecule has 0 aliphatic rings. The van der Waals surface area contributed by atoms with Gasteiger partial charge in [0.1, 0.15) is 0 Å². The van der Waals surface area contributed by atoms with Crippen molar-refractivity contribution in [3.8, 4) is 55.6 Å². The van der Waals surface area contributed by atoms with Crippen molar-refractivity contribution >= 4 is 80.1 Å². The summed E-state index contributed by atoms with van der Waals surface area (Å²) < 4.78 is 5.29. The summed E-state index contributed by atoms with van der Waals surface area (Å²) in [5.74, 6) is 0. The lowest BCUT2D eigenvalue weighted by atomic mass is 9.92. The highest BCUT2D eigenvalue weighted by Gasteiger charge is 2.17. The van der Waals surface area contributed by atoms with E-state index in [1.807, 2.05) is 22.7 Å². The minimum Gasteiger partial charge on any atom is -0.311 e. The second-order valence-corrected chi connectivity index (χ2v) is 18.2. The molecule has 0 unspecified atom stereocenters. The molecule has 3 heteroatoms. The molecule has 0 bridgehead atoms. The lowest BCUT2D eigenvalue weighted by Gasteiger charge is -2.26. The summed E-state index contributed by atoms with van der Waals surface area (Å²) >= 11 is 3.74. The van der Waals surface area contributed by atoms with Gasteiger partial charge in [0.15, 0.2) is 0 Å². The summed E-state index contributed by atoms with van der Waals surface area (Å²) in [6.45, 7) is 0. The first-order valence-electron chi connectivity index (χ1n) is 21.4. The zero-order valence-electron chi connectivity index (χ0n) is 34.3. The molecule has 296 valence electrons. The van der Waals surface area contributed by atoms with Gasteiger partial charge in [-0.15, -0.1) is 22.7 Å². The summed E-state index contributed by atoms with van der Waals surface area (Å²) in [4.78, 5) is 2.37. The van der Waals surface area contributed by atoms with Gasteiger partial charge in [0.25, 0.3) is 0 Å². The minimum absolute atomic E-state index is 1.10. The first-order valence-corrected chi connectivity index (χ1v) is 23.0. The molecule has 0 amide bonds. The molecule has 0 atom stereocenters. The quantitative estimate of drug-likeness (QED) is 0.147. The van der Waals surface area contributed by atoms with Crippen molar-refractivity contribution < 1.29 is 0 Å². The van der Waals surface area contributed by atoms with E-state index in [0.717, 1.165) is 17.1 Å². The second-order valence-electron chi connectivity index (χ2n) is 16.1. The number of anilines is 3. The highest BCUT2D eigenvalue weighted by molar-refractivity contribution is 7.26. The van der Waals surface area contributed by atoms with Gasteiger partial charge in [-0.1, -0.05) is 158 Å². The van der Waals surface area contributed by atoms with Crippen LogP contribution in [0.15, 0.2) is 237 Å². The van der Waals surface area contributed by atoms with Crippen LogP contribution in [0.4, 0.5) is 17.1 Å². The Labute approximate surface area is 375 Å². The summed E-state index contributed by atoms with van der Waals surface area (Å²) in [7, 11) is 0. The number of nitrogens with zero attached hydrogens (tertiary/aromatic N) is 1. The van der Waals surface area contributed by atoms with Gasteiger partial charge in [0.05, 0.1) is 0 Å². The maximum atomic E-state index is 2.38. The average Bonchev–Trinajstić information content (AvgIpc) is 3.94. The van der Waals surface area contributed by atoms with E-state index in [0.29, 0.717) is 0 Å². The lowest BCUT2D eigenvalue weighted by Crippen LogP contribution is -2.09. The topological polar surface area (TPSA) is 3.24 Å². The fourth-order valence-electron chi connectivity index (χ4n) is 9.11. The maximum Gasteiger partial charge on any atom is 0.0462 e. The molecule has 0 spiro atoms. The third-order valence-corrected chi connectivity index (χ3v) is 14.7. The van der Waals surface area contributed by atoms with Crippen molar-refractivity contribution in [3.63, 3.8) is 0 Å². The van der Waals surface area contributed by atoms with Gasteiger partial charge in [-0.25, -0.2) is 0 Å². The van der Waals surface area contributed by atoms with Crippen LogP contribution in [0, 0.1) is 0 Å². The van der Waals surface area contributed by atoms with Crippen LogP contribution < -0.4 is 4.90 Å². The smallest absolute Gasteiger partial charge is 0.0462 e.